The van der Waals surface area contributed by atoms with E-state index in [-0.39, 0.29) is 12.0 Å². The van der Waals surface area contributed by atoms with E-state index in [0.29, 0.717) is 0 Å². The Balaban J connectivity index is 2.20. The molecule has 1 spiro atoms. The van der Waals surface area contributed by atoms with E-state index in [1.165, 1.54) is 22.3 Å². The smallest absolute Gasteiger partial charge is 0.0898 e. The molecule has 3 aliphatic rings. The molecule has 1 saturated carbocycles. The van der Waals surface area contributed by atoms with Crippen molar-refractivity contribution < 1.29 is 10.2 Å². The van der Waals surface area contributed by atoms with E-state index in [2.05, 4.69) is 13.8 Å². The first kappa shape index (κ1) is 11.2. The van der Waals surface area contributed by atoms with Crippen LogP contribution in [0.25, 0.3) is 0 Å². The Bertz CT molecular complexity index is 485. The quantitative estimate of drug-likeness (QED) is 0.729. The minimum absolute atomic E-state index is 0.0448. The van der Waals surface area contributed by atoms with Gasteiger partial charge in [0, 0.05) is 5.41 Å². The summed E-state index contributed by atoms with van der Waals surface area (Å²) in [5, 5.41) is 20.2. The van der Waals surface area contributed by atoms with E-state index >= 15 is 0 Å². The van der Waals surface area contributed by atoms with Gasteiger partial charge in [0.1, 0.15) is 0 Å². The lowest BCUT2D eigenvalue weighted by Gasteiger charge is -2.37. The van der Waals surface area contributed by atoms with Gasteiger partial charge in [0.15, 0.2) is 0 Å². The molecule has 3 aliphatic carbocycles. The first-order valence-electron chi connectivity index (χ1n) is 6.38. The van der Waals surface area contributed by atoms with Crippen molar-refractivity contribution in [1.82, 2.24) is 0 Å². The van der Waals surface area contributed by atoms with Crippen molar-refractivity contribution in [2.75, 3.05) is 6.61 Å². The summed E-state index contributed by atoms with van der Waals surface area (Å²) in [5.74, 6) is 0. The number of allylic oxidation sites excluding steroid dienone is 2. The highest BCUT2D eigenvalue weighted by Gasteiger charge is 2.59. The summed E-state index contributed by atoms with van der Waals surface area (Å²) >= 11 is 0. The predicted molar refractivity (Wildman–Crippen MR) is 67.5 cm³/mol. The largest absolute Gasteiger partial charge is 0.392 e. The average Bonchev–Trinajstić information content (AvgIpc) is 2.97. The molecule has 0 saturated heterocycles. The van der Waals surface area contributed by atoms with Crippen LogP contribution in [0.5, 0.6) is 0 Å². The minimum Gasteiger partial charge on any atom is -0.392 e. The van der Waals surface area contributed by atoms with E-state index < -0.39 is 5.60 Å². The fourth-order valence-corrected chi connectivity index (χ4v) is 3.79. The maximum atomic E-state index is 10.6. The molecule has 17 heavy (non-hydrogen) atoms. The molecular weight excluding hydrogens is 212 g/mol. The Hall–Kier alpha value is -0.860. The van der Waals surface area contributed by atoms with Crippen molar-refractivity contribution in [2.24, 2.45) is 5.41 Å². The highest BCUT2D eigenvalue weighted by atomic mass is 16.3. The second-order valence-electron chi connectivity index (χ2n) is 5.99. The zero-order chi connectivity index (χ0) is 12.4. The molecule has 0 radical (unpaired) electrons. The molecule has 3 rings (SSSR count). The first-order valence-corrected chi connectivity index (χ1v) is 6.38. The normalized spacial score (nSPS) is 34.3. The lowest BCUT2D eigenvalue weighted by Crippen LogP contribution is -2.38. The van der Waals surface area contributed by atoms with E-state index in [1.54, 1.807) is 0 Å². The van der Waals surface area contributed by atoms with Crippen LogP contribution in [0.15, 0.2) is 33.9 Å². The summed E-state index contributed by atoms with van der Waals surface area (Å²) < 4.78 is 0. The summed E-state index contributed by atoms with van der Waals surface area (Å²) in [7, 11) is 0. The number of fused-ring (bicyclic) bond motifs is 1. The third kappa shape index (κ3) is 1.23. The summed E-state index contributed by atoms with van der Waals surface area (Å²) in [4.78, 5) is 0. The first-order chi connectivity index (χ1) is 7.93. The van der Waals surface area contributed by atoms with Crippen molar-refractivity contribution in [3.63, 3.8) is 0 Å². The molecule has 0 aliphatic heterocycles. The maximum Gasteiger partial charge on any atom is 0.0898 e. The monoisotopic (exact) mass is 232 g/mol. The molecule has 2 heteroatoms. The fourth-order valence-electron chi connectivity index (χ4n) is 3.79. The third-order valence-corrected chi connectivity index (χ3v) is 5.02. The number of aliphatic hydroxyl groups excluding tert-OH is 1. The van der Waals surface area contributed by atoms with Crippen molar-refractivity contribution in [2.45, 2.75) is 45.6 Å². The molecule has 0 bridgehead atoms. The van der Waals surface area contributed by atoms with Gasteiger partial charge in [-0.05, 0) is 62.8 Å². The average molecular weight is 232 g/mol. The second kappa shape index (κ2) is 3.12. The minimum atomic E-state index is -0.707. The van der Waals surface area contributed by atoms with Crippen molar-refractivity contribution in [1.29, 1.82) is 0 Å². The third-order valence-electron chi connectivity index (χ3n) is 5.02. The van der Waals surface area contributed by atoms with E-state index in [9.17, 15) is 10.2 Å². The maximum absolute atomic E-state index is 10.6. The SMILES string of the molecule is CC1=C(CO)C2=C(C)C3(CC3)[C@@](C)(O)C=C2C1. The Morgan fingerprint density at radius 1 is 1.29 bits per heavy atom. The van der Waals surface area contributed by atoms with Crippen LogP contribution in [0.1, 0.15) is 40.0 Å². The number of rotatable bonds is 1. The van der Waals surface area contributed by atoms with E-state index in [4.69, 9.17) is 0 Å². The van der Waals surface area contributed by atoms with Crippen molar-refractivity contribution in [3.8, 4) is 0 Å². The lowest BCUT2D eigenvalue weighted by atomic mass is 9.71. The van der Waals surface area contributed by atoms with Crippen LogP contribution >= 0.6 is 0 Å². The summed E-state index contributed by atoms with van der Waals surface area (Å²) in [5.41, 5.74) is 5.34. The van der Waals surface area contributed by atoms with Crippen LogP contribution in [0.4, 0.5) is 0 Å². The van der Waals surface area contributed by atoms with Gasteiger partial charge in [-0.1, -0.05) is 11.1 Å². The summed E-state index contributed by atoms with van der Waals surface area (Å²) in [6.45, 7) is 6.27. The van der Waals surface area contributed by atoms with Crippen LogP contribution in [0.2, 0.25) is 0 Å². The van der Waals surface area contributed by atoms with E-state index in [0.717, 1.165) is 24.8 Å². The van der Waals surface area contributed by atoms with Gasteiger partial charge < -0.3 is 10.2 Å². The molecule has 0 amide bonds. The van der Waals surface area contributed by atoms with Gasteiger partial charge in [-0.3, -0.25) is 0 Å². The predicted octanol–water partition coefficient (Wildman–Crippen LogP) is 2.49. The highest BCUT2D eigenvalue weighted by Crippen LogP contribution is 2.64. The molecule has 0 aromatic heterocycles. The number of aliphatic hydroxyl groups is 2. The molecular formula is C15H20O2. The molecule has 92 valence electrons. The molecule has 1 atom stereocenters. The molecule has 0 aromatic rings. The molecule has 0 unspecified atom stereocenters. The van der Waals surface area contributed by atoms with Gasteiger partial charge in [-0.25, -0.2) is 0 Å². The van der Waals surface area contributed by atoms with Gasteiger partial charge in [-0.2, -0.15) is 0 Å². The topological polar surface area (TPSA) is 40.5 Å². The molecule has 0 aromatic carbocycles. The zero-order valence-electron chi connectivity index (χ0n) is 10.8. The van der Waals surface area contributed by atoms with Crippen LogP contribution in [0.3, 0.4) is 0 Å². The van der Waals surface area contributed by atoms with Gasteiger partial charge >= 0.3 is 0 Å². The second-order valence-corrected chi connectivity index (χ2v) is 5.99. The van der Waals surface area contributed by atoms with Crippen LogP contribution in [0, 0.1) is 5.41 Å². The van der Waals surface area contributed by atoms with Crippen LogP contribution in [-0.4, -0.2) is 22.4 Å². The van der Waals surface area contributed by atoms with Crippen LogP contribution < -0.4 is 0 Å². The van der Waals surface area contributed by atoms with Gasteiger partial charge in [0.2, 0.25) is 0 Å². The van der Waals surface area contributed by atoms with Gasteiger partial charge in [-0.15, -0.1) is 0 Å². The Morgan fingerprint density at radius 3 is 2.47 bits per heavy atom. The molecule has 1 fully saturated rings. The Kier molecular flexibility index (Phi) is 2.06. The number of hydrogen-bond acceptors (Lipinski definition) is 2. The van der Waals surface area contributed by atoms with Crippen molar-refractivity contribution in [3.05, 3.63) is 33.9 Å². The lowest BCUT2D eigenvalue weighted by molar-refractivity contribution is 0.0456. The Labute approximate surface area is 102 Å². The molecule has 2 N–H and O–H groups in total. The Morgan fingerprint density at radius 2 is 1.94 bits per heavy atom. The standard InChI is InChI=1S/C15H20O2/c1-9-6-11-7-14(3,17)15(4-5-15)10(2)13(11)12(9)8-16/h7,16-17H,4-6,8H2,1-3H3/t14-/m0/s1. The molecule has 2 nitrogen and oxygen atoms in total. The fraction of sp³-hybridized carbons (Fsp3) is 0.600. The summed E-state index contributed by atoms with van der Waals surface area (Å²) in [6, 6.07) is 0. The van der Waals surface area contributed by atoms with Gasteiger partial charge in [0.05, 0.1) is 12.2 Å². The summed E-state index contributed by atoms with van der Waals surface area (Å²) in [6.07, 6.45) is 5.05. The highest BCUT2D eigenvalue weighted by molar-refractivity contribution is 5.64. The van der Waals surface area contributed by atoms with Crippen molar-refractivity contribution >= 4 is 0 Å². The van der Waals surface area contributed by atoms with Crippen LogP contribution in [-0.2, 0) is 0 Å². The zero-order valence-corrected chi connectivity index (χ0v) is 10.8. The molecule has 0 heterocycles. The number of hydrogen-bond donors (Lipinski definition) is 2. The van der Waals surface area contributed by atoms with E-state index in [1.807, 2.05) is 13.0 Å². The van der Waals surface area contributed by atoms with Gasteiger partial charge in [0.25, 0.3) is 0 Å².